The fraction of sp³-hybridized carbons (Fsp3) is 0.165. The highest BCUT2D eigenvalue weighted by molar-refractivity contribution is 5.95. The van der Waals surface area contributed by atoms with Crippen LogP contribution in [0.4, 0.5) is 0 Å². The van der Waals surface area contributed by atoms with Crippen LogP contribution in [0.1, 0.15) is 109 Å². The number of aromatic carboxylic acids is 2. The largest absolute Gasteiger partial charge is 0.504 e. The molecule has 1 saturated heterocycles. The molecule has 5 atom stereocenters. The summed E-state index contributed by atoms with van der Waals surface area (Å²) in [5, 5.41) is 71.0. The molecule has 22 heteroatoms. The maximum atomic E-state index is 16.0. The number of carboxylic acid groups (broad SMARTS) is 2. The van der Waals surface area contributed by atoms with E-state index < -0.39 is 112 Å². The Bertz CT molecular complexity index is 5170. The molecule has 1 heterocycles. The highest BCUT2D eigenvalue weighted by Gasteiger charge is 2.55. The van der Waals surface area contributed by atoms with Crippen LogP contribution in [-0.4, -0.2) is 86.7 Å². The van der Waals surface area contributed by atoms with Gasteiger partial charge in [-0.15, -0.1) is 0 Å². The first-order chi connectivity index (χ1) is 55.1. The lowest BCUT2D eigenvalue weighted by molar-refractivity contribution is -0.237. The standard InChI is InChI=1S/C91H78O22/c1-102-91-79(77-68(88(98)99)47-74(104-49-58-28-12-3-13-29-58)84(108-53-62-36-20-7-21-37-62)86(77)110-55-64-40-24-9-25-41-64)78(76-67(87(96)97)46-73(103-48-57-26-10-2-11-27-57)83(107-52-61-34-18-6-19-35-61)85(76)109-54-63-38-22-8-23-39-63)82(113-90(101)66-44-71(94)81(72(95)45-66)106-51-60-32-16-5-17-33-60)75(112-91)56-111-89(100)65-42-69(92)80(70(93)43-65)105-50-59-30-14-4-15-31-59/h2-47,75,78-79,82,91-95H,48-56H2,1H3,(H,96,97)(H,98,99)/t75-,78-,79+,82+,91+/m1/s1. The predicted molar refractivity (Wildman–Crippen MR) is 413 cm³/mol. The van der Waals surface area contributed by atoms with Gasteiger partial charge < -0.3 is 87.5 Å². The lowest BCUT2D eigenvalue weighted by atomic mass is 9.70. The van der Waals surface area contributed by atoms with E-state index in [0.29, 0.717) is 44.5 Å². The van der Waals surface area contributed by atoms with Crippen LogP contribution in [0, 0.1) is 0 Å². The molecule has 12 aromatic rings. The molecule has 6 N–H and O–H groups in total. The Morgan fingerprint density at radius 3 is 0.885 bits per heavy atom. The van der Waals surface area contributed by atoms with E-state index in [1.54, 1.807) is 206 Å². The monoisotopic (exact) mass is 1520 g/mol. The number of ether oxygens (including phenoxy) is 12. The predicted octanol–water partition coefficient (Wildman–Crippen LogP) is 16.9. The number of carbonyl (C=O) groups excluding carboxylic acids is 2. The summed E-state index contributed by atoms with van der Waals surface area (Å²) in [6.07, 6.45) is -5.93. The third kappa shape index (κ3) is 19.2. The first kappa shape index (κ1) is 77.2. The number of carbonyl (C=O) groups is 4. The zero-order valence-electron chi connectivity index (χ0n) is 61.0. The maximum absolute atomic E-state index is 16.0. The van der Waals surface area contributed by atoms with E-state index in [4.69, 9.17) is 56.8 Å². The zero-order valence-corrected chi connectivity index (χ0v) is 61.0. The summed E-state index contributed by atoms with van der Waals surface area (Å²) >= 11 is 0. The molecular weight excluding hydrogens is 1440 g/mol. The minimum atomic E-state index is -2.14. The summed E-state index contributed by atoms with van der Waals surface area (Å²) in [5.74, 6) is -14.6. The number of carboxylic acids is 2. The number of esters is 2. The molecule has 13 rings (SSSR count). The van der Waals surface area contributed by atoms with Crippen molar-refractivity contribution in [1.29, 1.82) is 0 Å². The Balaban J connectivity index is 1.08. The third-order valence-corrected chi connectivity index (χ3v) is 18.6. The number of phenols is 4. The summed E-state index contributed by atoms with van der Waals surface area (Å²) in [5.41, 5.74) is 2.22. The molecule has 1 aliphatic heterocycles. The number of rotatable bonds is 34. The lowest BCUT2D eigenvalue weighted by Gasteiger charge is -2.47. The summed E-state index contributed by atoms with van der Waals surface area (Å²) in [6.45, 7) is -2.56. The second kappa shape index (κ2) is 37.0. The molecule has 22 nitrogen and oxygen atoms in total. The van der Waals surface area contributed by atoms with Gasteiger partial charge in [-0.2, -0.15) is 0 Å². The van der Waals surface area contributed by atoms with E-state index in [9.17, 15) is 35.4 Å². The SMILES string of the molecule is CO[C@H]1O[C@H](COC(=O)c2cc(O)c(OCc3ccccc3)c(O)c2)[C@H](OC(=O)c2cc(O)c(OCc3ccccc3)c(O)c2)[C@H](c2c(C(=O)O)cc(OCc3ccccc3)c(OCc3ccccc3)c2OCc2ccccc2)[C@@H]1c1c(C(=O)O)cc(OCc2ccccc2)c(OCc2ccccc2)c1OCc1ccccc1. The molecule has 1 aliphatic rings. The molecule has 0 saturated carbocycles. The first-order valence-electron chi connectivity index (χ1n) is 36.0. The van der Waals surface area contributed by atoms with Crippen molar-refractivity contribution < 1.29 is 107 Å². The summed E-state index contributed by atoms with van der Waals surface area (Å²) in [6, 6.07) is 77.9. The van der Waals surface area contributed by atoms with Crippen molar-refractivity contribution in [2.75, 3.05) is 13.7 Å². The van der Waals surface area contributed by atoms with E-state index >= 15 is 14.4 Å². The van der Waals surface area contributed by atoms with Gasteiger partial charge in [0.2, 0.25) is 23.0 Å². The average Bonchev–Trinajstić information content (AvgIpc) is 0.719. The van der Waals surface area contributed by atoms with E-state index in [2.05, 4.69) is 0 Å². The Morgan fingerprint density at radius 2 is 0.593 bits per heavy atom. The Hall–Kier alpha value is -14.0. The Morgan fingerprint density at radius 1 is 0.327 bits per heavy atom. The van der Waals surface area contributed by atoms with Crippen LogP contribution >= 0.6 is 0 Å². The number of hydrogen-bond donors (Lipinski definition) is 6. The Labute approximate surface area is 650 Å². The van der Waals surface area contributed by atoms with Gasteiger partial charge in [0.1, 0.15) is 71.7 Å². The lowest BCUT2D eigenvalue weighted by Crippen LogP contribution is -2.53. The second-order valence-electron chi connectivity index (χ2n) is 26.3. The zero-order chi connectivity index (χ0) is 78.6. The van der Waals surface area contributed by atoms with Crippen molar-refractivity contribution in [2.24, 2.45) is 0 Å². The maximum Gasteiger partial charge on any atom is 0.338 e. The van der Waals surface area contributed by atoms with Crippen LogP contribution in [0.15, 0.2) is 279 Å². The van der Waals surface area contributed by atoms with Crippen LogP contribution in [0.3, 0.4) is 0 Å². The molecule has 0 amide bonds. The minimum absolute atomic E-state index is 0.0887. The van der Waals surface area contributed by atoms with Gasteiger partial charge in [-0.25, -0.2) is 19.2 Å². The van der Waals surface area contributed by atoms with E-state index in [1.807, 2.05) is 36.4 Å². The van der Waals surface area contributed by atoms with Gasteiger partial charge in [0, 0.05) is 24.2 Å². The van der Waals surface area contributed by atoms with Gasteiger partial charge in [0.15, 0.2) is 52.3 Å². The molecule has 0 bridgehead atoms. The molecule has 1 fully saturated rings. The van der Waals surface area contributed by atoms with E-state index in [-0.39, 0.29) is 104 Å². The third-order valence-electron chi connectivity index (χ3n) is 18.6. The normalized spacial score (nSPS) is 15.0. The average molecular weight is 1520 g/mol. The fourth-order valence-electron chi connectivity index (χ4n) is 13.1. The van der Waals surface area contributed by atoms with Crippen molar-refractivity contribution in [2.45, 2.75) is 83.2 Å². The Kier molecular flexibility index (Phi) is 25.3. The number of benzene rings is 12. The van der Waals surface area contributed by atoms with Gasteiger partial charge in [0.25, 0.3) is 0 Å². The van der Waals surface area contributed by atoms with Gasteiger partial charge in [-0.05, 0) is 80.9 Å². The second-order valence-corrected chi connectivity index (χ2v) is 26.3. The first-order valence-corrected chi connectivity index (χ1v) is 36.0. The topological polar surface area (TPSA) is 300 Å². The molecule has 0 radical (unpaired) electrons. The van der Waals surface area contributed by atoms with Crippen LogP contribution < -0.4 is 37.9 Å². The number of methoxy groups -OCH3 is 1. The molecule has 12 aromatic carbocycles. The van der Waals surface area contributed by atoms with Gasteiger partial charge in [0.05, 0.1) is 28.2 Å². The highest BCUT2D eigenvalue weighted by atomic mass is 16.7. The van der Waals surface area contributed by atoms with Gasteiger partial charge in [-0.3, -0.25) is 0 Å². The van der Waals surface area contributed by atoms with Crippen molar-refractivity contribution >= 4 is 23.9 Å². The van der Waals surface area contributed by atoms with Crippen LogP contribution in [0.2, 0.25) is 0 Å². The molecule has 0 aromatic heterocycles. The summed E-state index contributed by atoms with van der Waals surface area (Å²) in [7, 11) is 1.22. The molecular formula is C91H78O22. The summed E-state index contributed by atoms with van der Waals surface area (Å²) in [4.78, 5) is 61.1. The number of hydrogen-bond acceptors (Lipinski definition) is 20. The fourth-order valence-corrected chi connectivity index (χ4v) is 13.1. The van der Waals surface area contributed by atoms with Gasteiger partial charge >= 0.3 is 23.9 Å². The number of phenolic OH excluding ortho intramolecular Hbond substituents is 4. The van der Waals surface area contributed by atoms with Crippen LogP contribution in [-0.2, 0) is 71.8 Å². The molecule has 0 unspecified atom stereocenters. The summed E-state index contributed by atoms with van der Waals surface area (Å²) < 4.78 is 79.9. The van der Waals surface area contributed by atoms with Crippen LogP contribution in [0.25, 0.3) is 0 Å². The minimum Gasteiger partial charge on any atom is -0.504 e. The van der Waals surface area contributed by atoms with E-state index in [1.165, 1.54) is 19.2 Å². The molecule has 0 aliphatic carbocycles. The van der Waals surface area contributed by atoms with E-state index in [0.717, 1.165) is 24.3 Å². The van der Waals surface area contributed by atoms with Gasteiger partial charge in [-0.1, -0.05) is 243 Å². The van der Waals surface area contributed by atoms with Crippen molar-refractivity contribution in [1.82, 2.24) is 0 Å². The van der Waals surface area contributed by atoms with Crippen molar-refractivity contribution in [3.8, 4) is 69.0 Å². The molecule has 113 heavy (non-hydrogen) atoms. The highest BCUT2D eigenvalue weighted by Crippen LogP contribution is 2.59. The van der Waals surface area contributed by atoms with Crippen molar-refractivity contribution in [3.05, 3.63) is 357 Å². The van der Waals surface area contributed by atoms with Crippen LogP contribution in [0.5, 0.6) is 69.0 Å². The molecule has 0 spiro atoms. The smallest absolute Gasteiger partial charge is 0.338 e. The molecule has 574 valence electrons. The quantitative estimate of drug-likeness (QED) is 0.0204. The van der Waals surface area contributed by atoms with Crippen molar-refractivity contribution in [3.63, 3.8) is 0 Å². The number of aromatic hydroxyl groups is 4.